The van der Waals surface area contributed by atoms with E-state index in [-0.39, 0.29) is 18.2 Å². The first-order chi connectivity index (χ1) is 12.7. The van der Waals surface area contributed by atoms with Gasteiger partial charge in [-0.15, -0.1) is 0 Å². The SMILES string of the molecule is O=C(CCCOc1ccccc1)NC1C2CN(C3N=CC=CN3O)CC21. The van der Waals surface area contributed by atoms with Crippen molar-refractivity contribution in [1.82, 2.24) is 15.3 Å². The number of carbonyl (C=O) groups is 1. The van der Waals surface area contributed by atoms with Crippen molar-refractivity contribution in [1.29, 1.82) is 0 Å². The smallest absolute Gasteiger partial charge is 0.220 e. The summed E-state index contributed by atoms with van der Waals surface area (Å²) in [5.41, 5.74) is 0. The standard InChI is InChI=1S/C19H24N4O3/c24-17(8-4-11-26-14-6-2-1-3-7-14)21-18-15-12-22(13-16(15)18)19-20-9-5-10-23(19)25/h1-3,5-7,9-10,15-16,18-19,25H,4,8,11-13H2,(H,21,24). The summed E-state index contributed by atoms with van der Waals surface area (Å²) in [7, 11) is 0. The van der Waals surface area contributed by atoms with Crippen molar-refractivity contribution >= 4 is 12.1 Å². The Labute approximate surface area is 152 Å². The average Bonchev–Trinajstić information content (AvgIpc) is 3.09. The second-order valence-electron chi connectivity index (χ2n) is 7.01. The Morgan fingerprint density at radius 3 is 2.77 bits per heavy atom. The van der Waals surface area contributed by atoms with Gasteiger partial charge in [-0.1, -0.05) is 18.2 Å². The number of para-hydroxylation sites is 1. The second kappa shape index (κ2) is 7.47. The summed E-state index contributed by atoms with van der Waals surface area (Å²) in [4.78, 5) is 18.6. The molecule has 1 saturated heterocycles. The molecule has 2 aliphatic heterocycles. The molecule has 4 rings (SSSR count). The zero-order valence-electron chi connectivity index (χ0n) is 14.6. The molecule has 1 aromatic carbocycles. The van der Waals surface area contributed by atoms with Gasteiger partial charge in [0.15, 0.2) is 0 Å². The Balaban J connectivity index is 1.13. The van der Waals surface area contributed by atoms with Gasteiger partial charge in [-0.25, -0.2) is 5.06 Å². The van der Waals surface area contributed by atoms with E-state index < -0.39 is 0 Å². The van der Waals surface area contributed by atoms with Crippen molar-refractivity contribution in [3.8, 4) is 5.75 Å². The van der Waals surface area contributed by atoms with Crippen LogP contribution in [0.5, 0.6) is 5.75 Å². The molecule has 2 N–H and O–H groups in total. The number of benzene rings is 1. The lowest BCUT2D eigenvalue weighted by Gasteiger charge is -2.32. The molecule has 1 saturated carbocycles. The molecule has 2 heterocycles. The number of hydrogen-bond acceptors (Lipinski definition) is 6. The lowest BCUT2D eigenvalue weighted by atomic mass is 10.3. The summed E-state index contributed by atoms with van der Waals surface area (Å²) < 4.78 is 5.61. The van der Waals surface area contributed by atoms with Crippen LogP contribution in [-0.2, 0) is 4.79 Å². The molecule has 1 aliphatic carbocycles. The van der Waals surface area contributed by atoms with Gasteiger partial charge in [0, 0.05) is 38.0 Å². The maximum absolute atomic E-state index is 12.1. The van der Waals surface area contributed by atoms with Crippen LogP contribution in [0.4, 0.5) is 0 Å². The van der Waals surface area contributed by atoms with Crippen LogP contribution in [0.1, 0.15) is 12.8 Å². The Kier molecular flexibility index (Phi) is 4.90. The Bertz CT molecular complexity index is 681. The molecule has 26 heavy (non-hydrogen) atoms. The van der Waals surface area contributed by atoms with Crippen LogP contribution in [0, 0.1) is 11.8 Å². The minimum Gasteiger partial charge on any atom is -0.494 e. The van der Waals surface area contributed by atoms with Crippen LogP contribution in [0.2, 0.25) is 0 Å². The van der Waals surface area contributed by atoms with Crippen LogP contribution in [-0.4, -0.2) is 59.3 Å². The molecule has 7 nitrogen and oxygen atoms in total. The van der Waals surface area contributed by atoms with Gasteiger partial charge in [-0.2, -0.15) is 0 Å². The highest BCUT2D eigenvalue weighted by Crippen LogP contribution is 2.46. The molecule has 138 valence electrons. The van der Waals surface area contributed by atoms with Crippen LogP contribution < -0.4 is 10.1 Å². The van der Waals surface area contributed by atoms with E-state index in [1.54, 1.807) is 18.5 Å². The summed E-state index contributed by atoms with van der Waals surface area (Å²) in [5.74, 6) is 1.86. The van der Waals surface area contributed by atoms with Crippen LogP contribution in [0.15, 0.2) is 47.6 Å². The summed E-state index contributed by atoms with van der Waals surface area (Å²) in [6, 6.07) is 9.91. The minimum atomic E-state index is -0.334. The number of piperidine rings is 1. The van der Waals surface area contributed by atoms with E-state index in [9.17, 15) is 10.0 Å². The molecule has 7 heteroatoms. The molecule has 3 atom stereocenters. The van der Waals surface area contributed by atoms with Crippen LogP contribution in [0.25, 0.3) is 0 Å². The lowest BCUT2D eigenvalue weighted by Crippen LogP contribution is -2.46. The van der Waals surface area contributed by atoms with E-state index in [1.807, 2.05) is 30.3 Å². The van der Waals surface area contributed by atoms with E-state index in [2.05, 4.69) is 15.2 Å². The fourth-order valence-corrected chi connectivity index (χ4v) is 3.82. The molecular formula is C19H24N4O3. The first-order valence-corrected chi connectivity index (χ1v) is 9.11. The zero-order valence-corrected chi connectivity index (χ0v) is 14.6. The third kappa shape index (κ3) is 3.73. The van der Waals surface area contributed by atoms with Gasteiger partial charge in [-0.05, 0) is 36.5 Å². The third-order valence-electron chi connectivity index (χ3n) is 5.22. The molecule has 1 aromatic rings. The van der Waals surface area contributed by atoms with Gasteiger partial charge in [0.05, 0.1) is 6.61 Å². The second-order valence-corrected chi connectivity index (χ2v) is 7.01. The van der Waals surface area contributed by atoms with E-state index >= 15 is 0 Å². The van der Waals surface area contributed by atoms with Gasteiger partial charge in [0.2, 0.25) is 12.2 Å². The number of rotatable bonds is 7. The van der Waals surface area contributed by atoms with Gasteiger partial charge in [-0.3, -0.25) is 19.9 Å². The number of hydrogen-bond donors (Lipinski definition) is 2. The molecule has 0 radical (unpaired) electrons. The number of fused-ring (bicyclic) bond motifs is 1. The van der Waals surface area contributed by atoms with Crippen molar-refractivity contribution in [2.45, 2.75) is 25.2 Å². The van der Waals surface area contributed by atoms with Gasteiger partial charge >= 0.3 is 0 Å². The highest BCUT2D eigenvalue weighted by Gasteiger charge is 2.57. The lowest BCUT2D eigenvalue weighted by molar-refractivity contribution is -0.128. The zero-order chi connectivity index (χ0) is 17.9. The van der Waals surface area contributed by atoms with Gasteiger partial charge < -0.3 is 10.1 Å². The molecule has 3 aliphatic rings. The average molecular weight is 356 g/mol. The number of hydroxylamine groups is 2. The van der Waals surface area contributed by atoms with E-state index in [0.717, 1.165) is 23.9 Å². The molecule has 1 amide bonds. The quantitative estimate of drug-likeness (QED) is 0.724. The fourth-order valence-electron chi connectivity index (χ4n) is 3.82. The van der Waals surface area contributed by atoms with E-state index in [1.165, 1.54) is 0 Å². The van der Waals surface area contributed by atoms with Gasteiger partial charge in [0.25, 0.3) is 0 Å². The first kappa shape index (κ1) is 17.1. The largest absolute Gasteiger partial charge is 0.494 e. The number of carbonyl (C=O) groups excluding carboxylic acids is 1. The Morgan fingerprint density at radius 1 is 1.27 bits per heavy atom. The molecule has 2 fully saturated rings. The molecular weight excluding hydrogens is 332 g/mol. The summed E-state index contributed by atoms with van der Waals surface area (Å²) in [5, 5.41) is 14.1. The van der Waals surface area contributed by atoms with Gasteiger partial charge in [0.1, 0.15) is 5.75 Å². The monoisotopic (exact) mass is 356 g/mol. The molecule has 3 unspecified atom stereocenters. The normalized spacial score (nSPS) is 29.5. The summed E-state index contributed by atoms with van der Waals surface area (Å²) in [6.07, 6.45) is 5.87. The van der Waals surface area contributed by atoms with Crippen molar-refractivity contribution in [2.75, 3.05) is 19.7 Å². The number of aliphatic imine (C=N–C) groups is 1. The van der Waals surface area contributed by atoms with Crippen LogP contribution >= 0.6 is 0 Å². The third-order valence-corrected chi connectivity index (χ3v) is 5.22. The highest BCUT2D eigenvalue weighted by atomic mass is 16.5. The highest BCUT2D eigenvalue weighted by molar-refractivity contribution is 5.76. The predicted molar refractivity (Wildman–Crippen MR) is 96.7 cm³/mol. The van der Waals surface area contributed by atoms with Crippen molar-refractivity contribution in [2.24, 2.45) is 16.8 Å². The van der Waals surface area contributed by atoms with E-state index in [0.29, 0.717) is 31.3 Å². The number of likely N-dealkylation sites (tertiary alicyclic amines) is 1. The number of amides is 1. The van der Waals surface area contributed by atoms with Crippen molar-refractivity contribution < 1.29 is 14.7 Å². The minimum absolute atomic E-state index is 0.0926. The van der Waals surface area contributed by atoms with Crippen LogP contribution in [0.3, 0.4) is 0 Å². The fraction of sp³-hybridized carbons (Fsp3) is 0.474. The molecule has 0 bridgehead atoms. The number of nitrogens with zero attached hydrogens (tertiary/aromatic N) is 3. The summed E-state index contributed by atoms with van der Waals surface area (Å²) in [6.45, 7) is 2.24. The Hall–Kier alpha value is -2.38. The summed E-state index contributed by atoms with van der Waals surface area (Å²) >= 11 is 0. The Morgan fingerprint density at radius 2 is 2.04 bits per heavy atom. The molecule has 0 aromatic heterocycles. The molecule has 0 spiro atoms. The topological polar surface area (TPSA) is 77.4 Å². The maximum Gasteiger partial charge on any atom is 0.220 e. The number of nitrogens with one attached hydrogen (secondary N) is 1. The van der Waals surface area contributed by atoms with Crippen molar-refractivity contribution in [3.05, 3.63) is 42.6 Å². The maximum atomic E-state index is 12.1. The van der Waals surface area contributed by atoms with E-state index in [4.69, 9.17) is 4.74 Å². The predicted octanol–water partition coefficient (Wildman–Crippen LogP) is 1.46. The number of ether oxygens (including phenoxy) is 1. The number of allylic oxidation sites excluding steroid dienone is 1. The van der Waals surface area contributed by atoms with Crippen molar-refractivity contribution in [3.63, 3.8) is 0 Å². The first-order valence-electron chi connectivity index (χ1n) is 9.11.